The number of rotatable bonds is 7. The number of piperidine rings is 1. The highest BCUT2D eigenvalue weighted by molar-refractivity contribution is 5.92. The molecule has 2 aromatic rings. The average molecular weight is 396 g/mol. The van der Waals surface area contributed by atoms with Crippen molar-refractivity contribution < 1.29 is 14.3 Å². The lowest BCUT2D eigenvalue weighted by Crippen LogP contribution is -2.45. The molecule has 29 heavy (non-hydrogen) atoms. The van der Waals surface area contributed by atoms with E-state index in [0.29, 0.717) is 30.4 Å². The van der Waals surface area contributed by atoms with Gasteiger partial charge in [0.25, 0.3) is 0 Å². The molecule has 6 heteroatoms. The van der Waals surface area contributed by atoms with E-state index in [1.807, 2.05) is 66.5 Å². The fourth-order valence-corrected chi connectivity index (χ4v) is 3.53. The molecule has 0 saturated carbocycles. The number of anilines is 1. The molecule has 1 aliphatic rings. The van der Waals surface area contributed by atoms with Gasteiger partial charge in [0.15, 0.2) is 5.75 Å². The summed E-state index contributed by atoms with van der Waals surface area (Å²) in [6.07, 6.45) is 2.32. The van der Waals surface area contributed by atoms with Gasteiger partial charge in [-0.15, -0.1) is 0 Å². The highest BCUT2D eigenvalue weighted by Crippen LogP contribution is 2.29. The minimum atomic E-state index is -0.0305. The maximum atomic E-state index is 12.5. The van der Waals surface area contributed by atoms with Gasteiger partial charge < -0.3 is 19.9 Å². The van der Waals surface area contributed by atoms with Crippen LogP contribution < -0.4 is 10.1 Å². The zero-order valence-corrected chi connectivity index (χ0v) is 17.1. The minimum absolute atomic E-state index is 0.0305. The molecule has 1 fully saturated rings. The van der Waals surface area contributed by atoms with Crippen molar-refractivity contribution >= 4 is 17.5 Å². The summed E-state index contributed by atoms with van der Waals surface area (Å²) < 4.78 is 5.90. The van der Waals surface area contributed by atoms with E-state index >= 15 is 0 Å². The summed E-state index contributed by atoms with van der Waals surface area (Å²) in [5, 5.41) is 2.97. The van der Waals surface area contributed by atoms with Crippen molar-refractivity contribution in [2.24, 2.45) is 0 Å². The summed E-state index contributed by atoms with van der Waals surface area (Å²) in [4.78, 5) is 28.1. The van der Waals surface area contributed by atoms with Crippen LogP contribution in [0, 0.1) is 0 Å². The number of ether oxygens (including phenoxy) is 1. The van der Waals surface area contributed by atoms with Gasteiger partial charge in [0.05, 0.1) is 5.69 Å². The van der Waals surface area contributed by atoms with Gasteiger partial charge in [-0.3, -0.25) is 9.59 Å². The van der Waals surface area contributed by atoms with Gasteiger partial charge in [0.2, 0.25) is 11.8 Å². The third-order valence-electron chi connectivity index (χ3n) is 5.39. The Hall–Kier alpha value is -2.86. The largest absolute Gasteiger partial charge is 0.455 e. The van der Waals surface area contributed by atoms with Crippen LogP contribution in [0.4, 0.5) is 5.69 Å². The predicted octanol–water partition coefficient (Wildman–Crippen LogP) is 3.75. The van der Waals surface area contributed by atoms with Gasteiger partial charge >= 0.3 is 0 Å². The Morgan fingerprint density at radius 3 is 2.41 bits per heavy atom. The zero-order valence-electron chi connectivity index (χ0n) is 17.1. The topological polar surface area (TPSA) is 61.9 Å². The van der Waals surface area contributed by atoms with Gasteiger partial charge in [-0.05, 0) is 37.1 Å². The quantitative estimate of drug-likeness (QED) is 0.776. The molecule has 6 nitrogen and oxygen atoms in total. The highest BCUT2D eigenvalue weighted by Gasteiger charge is 2.23. The number of carbonyl (C=O) groups excluding carboxylic acids is 2. The normalized spacial score (nSPS) is 15.0. The number of amides is 2. The zero-order chi connectivity index (χ0) is 20.6. The summed E-state index contributed by atoms with van der Waals surface area (Å²) >= 11 is 0. The van der Waals surface area contributed by atoms with Crippen LogP contribution in [0.25, 0.3) is 0 Å². The van der Waals surface area contributed by atoms with E-state index in [2.05, 4.69) is 10.2 Å². The first-order chi connectivity index (χ1) is 14.0. The van der Waals surface area contributed by atoms with Crippen molar-refractivity contribution in [3.05, 3.63) is 54.6 Å². The van der Waals surface area contributed by atoms with Crippen molar-refractivity contribution in [1.29, 1.82) is 0 Å². The number of carbonyl (C=O) groups is 2. The fraction of sp³-hybridized carbons (Fsp3) is 0.391. The monoisotopic (exact) mass is 395 g/mol. The molecule has 2 amide bonds. The number of hydrogen-bond donors (Lipinski definition) is 1. The summed E-state index contributed by atoms with van der Waals surface area (Å²) in [6.45, 7) is 4.13. The van der Waals surface area contributed by atoms with Crippen molar-refractivity contribution in [1.82, 2.24) is 9.80 Å². The number of nitrogens with one attached hydrogen (secondary N) is 1. The molecule has 1 saturated heterocycles. The number of nitrogens with zero attached hydrogens (tertiary/aromatic N) is 2. The number of benzene rings is 2. The summed E-state index contributed by atoms with van der Waals surface area (Å²) in [7, 11) is 1.87. The molecule has 0 radical (unpaired) electrons. The van der Waals surface area contributed by atoms with Crippen LogP contribution in [-0.2, 0) is 9.59 Å². The van der Waals surface area contributed by atoms with Gasteiger partial charge in [-0.25, -0.2) is 0 Å². The van der Waals surface area contributed by atoms with Crippen LogP contribution >= 0.6 is 0 Å². The van der Waals surface area contributed by atoms with Crippen molar-refractivity contribution in [2.75, 3.05) is 32.0 Å². The van der Waals surface area contributed by atoms with Gasteiger partial charge in [0.1, 0.15) is 5.75 Å². The lowest BCUT2D eigenvalue weighted by atomic mass is 10.0. The summed E-state index contributed by atoms with van der Waals surface area (Å²) in [6, 6.07) is 17.3. The van der Waals surface area contributed by atoms with Crippen LogP contribution in [0.1, 0.15) is 26.2 Å². The average Bonchev–Trinajstić information content (AvgIpc) is 2.74. The van der Waals surface area contributed by atoms with Crippen LogP contribution in [0.5, 0.6) is 11.5 Å². The molecule has 0 aromatic heterocycles. The van der Waals surface area contributed by atoms with Crippen LogP contribution in [0.15, 0.2) is 54.6 Å². The molecule has 3 rings (SSSR count). The smallest absolute Gasteiger partial charge is 0.225 e. The molecule has 0 aliphatic carbocycles. The van der Waals surface area contributed by atoms with E-state index in [0.717, 1.165) is 31.7 Å². The second-order valence-corrected chi connectivity index (χ2v) is 7.41. The molecule has 0 spiro atoms. The van der Waals surface area contributed by atoms with Crippen molar-refractivity contribution in [3.63, 3.8) is 0 Å². The third-order valence-corrected chi connectivity index (χ3v) is 5.39. The Kier molecular flexibility index (Phi) is 7.25. The Balaban J connectivity index is 1.48. The molecule has 1 heterocycles. The highest BCUT2D eigenvalue weighted by atomic mass is 16.5. The van der Waals surface area contributed by atoms with Crippen LogP contribution in [-0.4, -0.2) is 54.3 Å². The molecular formula is C23H29N3O3. The number of hydrogen-bond acceptors (Lipinski definition) is 4. The molecule has 1 N–H and O–H groups in total. The molecule has 1 aliphatic heterocycles. The minimum Gasteiger partial charge on any atom is -0.455 e. The second-order valence-electron chi connectivity index (χ2n) is 7.41. The van der Waals surface area contributed by atoms with Crippen molar-refractivity contribution in [2.45, 2.75) is 32.2 Å². The number of para-hydroxylation sites is 3. The lowest BCUT2D eigenvalue weighted by Gasteiger charge is -2.36. The summed E-state index contributed by atoms with van der Waals surface area (Å²) in [5.74, 6) is 1.43. The van der Waals surface area contributed by atoms with E-state index in [1.165, 1.54) is 0 Å². The Labute approximate surface area is 172 Å². The molecular weight excluding hydrogens is 366 g/mol. The molecule has 0 atom stereocenters. The summed E-state index contributed by atoms with van der Waals surface area (Å²) in [5.41, 5.74) is 0.670. The third kappa shape index (κ3) is 6.06. The van der Waals surface area contributed by atoms with Gasteiger partial charge in [-0.2, -0.15) is 0 Å². The predicted molar refractivity (Wildman–Crippen MR) is 114 cm³/mol. The second kappa shape index (κ2) is 10.1. The SMILES string of the molecule is CC(=O)N(C)C1CCN(CCC(=O)Nc2ccccc2Oc2ccccc2)CC1. The Bertz CT molecular complexity index is 817. The number of likely N-dealkylation sites (tertiary alicyclic amines) is 1. The molecule has 0 bridgehead atoms. The van der Waals surface area contributed by atoms with E-state index in [1.54, 1.807) is 6.92 Å². The van der Waals surface area contributed by atoms with E-state index in [9.17, 15) is 9.59 Å². The van der Waals surface area contributed by atoms with E-state index < -0.39 is 0 Å². The maximum absolute atomic E-state index is 12.5. The van der Waals surface area contributed by atoms with E-state index in [4.69, 9.17) is 4.74 Å². The first-order valence-corrected chi connectivity index (χ1v) is 10.1. The molecule has 2 aromatic carbocycles. The van der Waals surface area contributed by atoms with Gasteiger partial charge in [-0.1, -0.05) is 30.3 Å². The molecule has 0 unspecified atom stereocenters. The maximum Gasteiger partial charge on any atom is 0.225 e. The van der Waals surface area contributed by atoms with Crippen LogP contribution in [0.3, 0.4) is 0 Å². The van der Waals surface area contributed by atoms with Crippen LogP contribution in [0.2, 0.25) is 0 Å². The first-order valence-electron chi connectivity index (χ1n) is 10.1. The fourth-order valence-electron chi connectivity index (χ4n) is 3.53. The standard InChI is InChI=1S/C23H29N3O3/c1-18(27)25(2)19-12-15-26(16-13-19)17-14-23(28)24-21-10-6-7-11-22(21)29-20-8-4-3-5-9-20/h3-11,19H,12-17H2,1-2H3,(H,24,28). The lowest BCUT2D eigenvalue weighted by molar-refractivity contribution is -0.130. The first kappa shape index (κ1) is 20.9. The Morgan fingerprint density at radius 2 is 1.72 bits per heavy atom. The van der Waals surface area contributed by atoms with Crippen molar-refractivity contribution in [3.8, 4) is 11.5 Å². The molecule has 154 valence electrons. The van der Waals surface area contributed by atoms with E-state index in [-0.39, 0.29) is 11.8 Å². The Morgan fingerprint density at radius 1 is 1.07 bits per heavy atom. The van der Waals surface area contributed by atoms with Gasteiger partial charge in [0, 0.05) is 46.1 Å².